The van der Waals surface area contributed by atoms with Crippen molar-refractivity contribution in [1.29, 1.82) is 0 Å². The van der Waals surface area contributed by atoms with Crippen molar-refractivity contribution < 1.29 is 14.3 Å². The van der Waals surface area contributed by atoms with Crippen LogP contribution in [0.3, 0.4) is 0 Å². The van der Waals surface area contributed by atoms with Crippen LogP contribution in [0, 0.1) is 0 Å². The number of carbonyl (C=O) groups excluding carboxylic acids is 2. The second-order valence-corrected chi connectivity index (χ2v) is 11.0. The average molecular weight is 630 g/mol. The number of hydrogen-bond acceptors (Lipinski definition) is 5. The number of guanidine groups is 1. The Labute approximate surface area is 264 Å². The number of rotatable bonds is 10. The van der Waals surface area contributed by atoms with Crippen molar-refractivity contribution in [3.63, 3.8) is 0 Å². The molecule has 9 nitrogen and oxygen atoms in total. The molecule has 0 aliphatic carbocycles. The third-order valence-electron chi connectivity index (χ3n) is 7.00. The largest absolute Gasteiger partial charge is 0.467 e. The zero-order valence-electron chi connectivity index (χ0n) is 23.8. The molecule has 4 aromatic carbocycles. The van der Waals surface area contributed by atoms with E-state index >= 15 is 0 Å². The highest BCUT2D eigenvalue weighted by Gasteiger charge is 2.23. The molecule has 0 spiro atoms. The van der Waals surface area contributed by atoms with Gasteiger partial charge in [0.1, 0.15) is 6.04 Å². The van der Waals surface area contributed by atoms with E-state index in [-0.39, 0.29) is 5.96 Å². The van der Waals surface area contributed by atoms with Crippen molar-refractivity contribution in [3.05, 3.63) is 107 Å². The Bertz CT molecular complexity index is 1850. The number of nitrogens with zero attached hydrogens (tertiary/aromatic N) is 3. The summed E-state index contributed by atoms with van der Waals surface area (Å²) in [6.07, 6.45) is 0.772. The second kappa shape index (κ2) is 13.6. The normalized spacial score (nSPS) is 11.6. The molecule has 224 valence electrons. The monoisotopic (exact) mass is 628 g/mol. The summed E-state index contributed by atoms with van der Waals surface area (Å²) >= 11 is 12.6. The van der Waals surface area contributed by atoms with Crippen LogP contribution in [0.2, 0.25) is 10.0 Å². The predicted molar refractivity (Wildman–Crippen MR) is 175 cm³/mol. The first-order valence-corrected chi connectivity index (χ1v) is 14.6. The molecule has 0 saturated heterocycles. The van der Waals surface area contributed by atoms with Gasteiger partial charge in [-0.2, -0.15) is 5.10 Å². The number of nitrogens with two attached hydrogens (primary N) is 2. The fourth-order valence-corrected chi connectivity index (χ4v) is 5.42. The van der Waals surface area contributed by atoms with Gasteiger partial charge in [-0.15, -0.1) is 0 Å². The van der Waals surface area contributed by atoms with Crippen LogP contribution < -0.4 is 16.8 Å². The molecule has 0 unspecified atom stereocenters. The first-order chi connectivity index (χ1) is 21.2. The number of hydrogen-bond donors (Lipinski definition) is 3. The molecule has 44 heavy (non-hydrogen) atoms. The van der Waals surface area contributed by atoms with E-state index < -0.39 is 17.9 Å². The lowest BCUT2D eigenvalue weighted by Crippen LogP contribution is -2.41. The first kappa shape index (κ1) is 30.6. The number of carbonyl (C=O) groups is 2. The molecular formula is C33H30Cl2N6O3. The molecule has 0 fully saturated rings. The van der Waals surface area contributed by atoms with Gasteiger partial charge in [-0.05, 0) is 72.1 Å². The molecule has 1 atom stereocenters. The second-order valence-electron chi connectivity index (χ2n) is 10.1. The molecule has 0 aliphatic rings. The van der Waals surface area contributed by atoms with E-state index in [1.807, 2.05) is 53.2 Å². The molecule has 0 saturated carbocycles. The third kappa shape index (κ3) is 7.19. The molecule has 5 N–H and O–H groups in total. The van der Waals surface area contributed by atoms with Gasteiger partial charge >= 0.3 is 5.97 Å². The van der Waals surface area contributed by atoms with Crippen LogP contribution in [0.25, 0.3) is 39.0 Å². The molecule has 1 heterocycles. The zero-order chi connectivity index (χ0) is 31.2. The molecule has 0 bridgehead atoms. The predicted octanol–water partition coefficient (Wildman–Crippen LogP) is 5.99. The molecule has 0 aliphatic heterocycles. The number of aromatic nitrogens is 2. The van der Waals surface area contributed by atoms with Gasteiger partial charge in [-0.1, -0.05) is 65.7 Å². The van der Waals surface area contributed by atoms with Crippen molar-refractivity contribution in [2.75, 3.05) is 13.7 Å². The van der Waals surface area contributed by atoms with Crippen molar-refractivity contribution in [3.8, 4) is 28.2 Å². The van der Waals surface area contributed by atoms with Crippen LogP contribution >= 0.6 is 23.2 Å². The maximum atomic E-state index is 13.4. The highest BCUT2D eigenvalue weighted by atomic mass is 35.5. The maximum Gasteiger partial charge on any atom is 0.328 e. The summed E-state index contributed by atoms with van der Waals surface area (Å²) in [5.41, 5.74) is 14.8. The number of nitrogens with one attached hydrogen (secondary N) is 1. The van der Waals surface area contributed by atoms with E-state index in [0.717, 1.165) is 33.3 Å². The van der Waals surface area contributed by atoms with Gasteiger partial charge in [-0.25, -0.2) is 9.48 Å². The van der Waals surface area contributed by atoms with E-state index in [1.165, 1.54) is 7.11 Å². The lowest BCUT2D eigenvalue weighted by atomic mass is 10.0. The van der Waals surface area contributed by atoms with Gasteiger partial charge in [-0.3, -0.25) is 9.79 Å². The Hall–Kier alpha value is -4.86. The Kier molecular flexibility index (Phi) is 9.47. The number of esters is 1. The summed E-state index contributed by atoms with van der Waals surface area (Å²) in [6, 6.07) is 27.6. The van der Waals surface area contributed by atoms with Gasteiger partial charge in [0.15, 0.2) is 5.96 Å². The average Bonchev–Trinajstić information content (AvgIpc) is 3.47. The third-order valence-corrected chi connectivity index (χ3v) is 7.44. The van der Waals surface area contributed by atoms with Gasteiger partial charge < -0.3 is 21.5 Å². The highest BCUT2D eigenvalue weighted by Crippen LogP contribution is 2.33. The van der Waals surface area contributed by atoms with Gasteiger partial charge in [0, 0.05) is 33.3 Å². The Morgan fingerprint density at radius 1 is 0.909 bits per heavy atom. The Morgan fingerprint density at radius 3 is 2.39 bits per heavy atom. The van der Waals surface area contributed by atoms with Crippen LogP contribution in [0.4, 0.5) is 0 Å². The fraction of sp³-hybridized carbons (Fsp3) is 0.152. The number of amides is 1. The van der Waals surface area contributed by atoms with E-state index in [2.05, 4.69) is 16.4 Å². The number of ether oxygens (including phenoxy) is 1. The van der Waals surface area contributed by atoms with Crippen LogP contribution in [-0.4, -0.2) is 47.3 Å². The van der Waals surface area contributed by atoms with Crippen LogP contribution in [0.1, 0.15) is 23.2 Å². The molecule has 1 aromatic heterocycles. The minimum Gasteiger partial charge on any atom is -0.467 e. The number of halogens is 2. The Balaban J connectivity index is 1.51. The van der Waals surface area contributed by atoms with Crippen molar-refractivity contribution >= 4 is 51.8 Å². The van der Waals surface area contributed by atoms with E-state index in [4.69, 9.17) is 44.5 Å². The number of fused-ring (bicyclic) bond motifs is 1. The van der Waals surface area contributed by atoms with Gasteiger partial charge in [0.05, 0.1) is 24.2 Å². The van der Waals surface area contributed by atoms with Crippen molar-refractivity contribution in [2.45, 2.75) is 18.9 Å². The Morgan fingerprint density at radius 2 is 1.66 bits per heavy atom. The SMILES string of the molecule is COC(=O)[C@H](CCCN=C(N)N)NC(=O)c1cccc(-c2cc(-c3cc(Cl)cc(Cl)c3)nn2-c2ccc3ccccc3c2)c1. The molecule has 11 heteroatoms. The number of methoxy groups -OCH3 is 1. The molecule has 0 radical (unpaired) electrons. The lowest BCUT2D eigenvalue weighted by molar-refractivity contribution is -0.143. The van der Waals surface area contributed by atoms with Crippen LogP contribution in [0.5, 0.6) is 0 Å². The fourth-order valence-electron chi connectivity index (χ4n) is 4.89. The quantitative estimate of drug-likeness (QED) is 0.0751. The number of benzene rings is 4. The smallest absolute Gasteiger partial charge is 0.328 e. The molecule has 5 aromatic rings. The summed E-state index contributed by atoms with van der Waals surface area (Å²) < 4.78 is 6.74. The van der Waals surface area contributed by atoms with Crippen LogP contribution in [-0.2, 0) is 9.53 Å². The van der Waals surface area contributed by atoms with Gasteiger partial charge in [0.25, 0.3) is 5.91 Å². The van der Waals surface area contributed by atoms with Crippen LogP contribution in [0.15, 0.2) is 96.0 Å². The minimum absolute atomic E-state index is 0.0370. The lowest BCUT2D eigenvalue weighted by Gasteiger charge is -2.16. The first-order valence-electron chi connectivity index (χ1n) is 13.8. The van der Waals surface area contributed by atoms with Crippen molar-refractivity contribution in [1.82, 2.24) is 15.1 Å². The standard InChI is InChI=1S/C33H30Cl2N6O3/c1-44-32(43)28(10-5-13-38-33(36)37)39-31(42)23-9-4-8-22(14-23)30-19-29(24-15-25(34)18-26(35)16-24)40-41(30)27-12-11-20-6-2-3-7-21(20)17-27/h2-4,6-9,11-12,14-19,28H,5,10,13H2,1H3,(H,39,42)(H4,36,37,38)/t28-/m0/s1. The van der Waals surface area contributed by atoms with E-state index in [1.54, 1.807) is 36.4 Å². The summed E-state index contributed by atoms with van der Waals surface area (Å²) in [4.78, 5) is 29.7. The maximum absolute atomic E-state index is 13.4. The molecule has 1 amide bonds. The van der Waals surface area contributed by atoms with Gasteiger partial charge in [0.2, 0.25) is 0 Å². The zero-order valence-corrected chi connectivity index (χ0v) is 25.3. The highest BCUT2D eigenvalue weighted by molar-refractivity contribution is 6.35. The van der Waals surface area contributed by atoms with E-state index in [0.29, 0.717) is 40.7 Å². The summed E-state index contributed by atoms with van der Waals surface area (Å²) in [5, 5.41) is 10.9. The van der Waals surface area contributed by atoms with Crippen molar-refractivity contribution in [2.24, 2.45) is 16.5 Å². The number of aliphatic imine (C=N–C) groups is 1. The van der Waals surface area contributed by atoms with E-state index in [9.17, 15) is 9.59 Å². The summed E-state index contributed by atoms with van der Waals surface area (Å²) in [7, 11) is 1.27. The molecule has 5 rings (SSSR count). The topological polar surface area (TPSA) is 138 Å². The minimum atomic E-state index is -0.868. The summed E-state index contributed by atoms with van der Waals surface area (Å²) in [6.45, 7) is 0.320. The summed E-state index contributed by atoms with van der Waals surface area (Å²) in [5.74, 6) is -1.02. The molecular weight excluding hydrogens is 599 g/mol.